The van der Waals surface area contributed by atoms with Crippen LogP contribution in [0.15, 0.2) is 0 Å². The van der Waals surface area contributed by atoms with E-state index in [4.69, 9.17) is 0 Å². The molecule has 4 heteroatoms. The third kappa shape index (κ3) is 6.57. The lowest BCUT2D eigenvalue weighted by molar-refractivity contribution is -0.180. The Balaban J connectivity index is 3.36. The van der Waals surface area contributed by atoms with Crippen LogP contribution in [0.4, 0.5) is 0 Å². The molecule has 0 saturated carbocycles. The van der Waals surface area contributed by atoms with E-state index in [-0.39, 0.29) is 0 Å². The fraction of sp³-hybridized carbons (Fsp3) is 1.00. The average Bonchev–Trinajstić information content (AvgIpc) is 1.30. The zero-order valence-electron chi connectivity index (χ0n) is 4.38. The van der Waals surface area contributed by atoms with Crippen molar-refractivity contribution in [3.8, 4) is 0 Å². The molecule has 0 N–H and O–H groups in total. The molecule has 44 valence electrons. The Morgan fingerprint density at radius 1 is 1.86 bits per heavy atom. The van der Waals surface area contributed by atoms with Crippen molar-refractivity contribution in [2.24, 2.45) is 0 Å². The molecule has 2 nitrogen and oxygen atoms in total. The Hall–Kier alpha value is 0.570. The molecular formula is C3H8O2PS-. The van der Waals surface area contributed by atoms with Crippen molar-refractivity contribution < 1.29 is 9.42 Å². The van der Waals surface area contributed by atoms with E-state index in [1.165, 1.54) is 6.66 Å². The highest BCUT2D eigenvalue weighted by Gasteiger charge is 1.86. The van der Waals surface area contributed by atoms with E-state index in [9.17, 15) is 4.89 Å². The zero-order valence-corrected chi connectivity index (χ0v) is 6.09. The molecule has 0 aliphatic rings. The molecule has 0 spiro atoms. The molecule has 0 radical (unpaired) electrons. The smallest absolute Gasteiger partial charge is 0.0474 e. The Labute approximate surface area is 48.7 Å². The molecule has 1 unspecified atom stereocenters. The molecule has 0 aliphatic carbocycles. The zero-order chi connectivity index (χ0) is 5.91. The molecule has 0 aromatic rings. The third-order valence-electron chi connectivity index (χ3n) is 0.364. The summed E-state index contributed by atoms with van der Waals surface area (Å²) in [6, 6.07) is 0. The SMILES string of the molecule is CCOP(C)([O-])=S. The van der Waals surface area contributed by atoms with Crippen molar-refractivity contribution in [3.63, 3.8) is 0 Å². The van der Waals surface area contributed by atoms with Crippen molar-refractivity contribution in [2.75, 3.05) is 13.3 Å². The van der Waals surface area contributed by atoms with E-state index in [1.807, 2.05) is 0 Å². The average molecular weight is 139 g/mol. The van der Waals surface area contributed by atoms with E-state index < -0.39 is 6.49 Å². The topological polar surface area (TPSA) is 32.3 Å². The van der Waals surface area contributed by atoms with Crippen molar-refractivity contribution in [1.82, 2.24) is 0 Å². The van der Waals surface area contributed by atoms with Gasteiger partial charge >= 0.3 is 0 Å². The summed E-state index contributed by atoms with van der Waals surface area (Å²) < 4.78 is 4.60. The highest BCUT2D eigenvalue weighted by Crippen LogP contribution is 2.30. The predicted molar refractivity (Wildman–Crippen MR) is 31.8 cm³/mol. The predicted octanol–water partition coefficient (Wildman–Crippen LogP) is 0.323. The number of rotatable bonds is 2. The maximum Gasteiger partial charge on any atom is 0.0474 e. The molecule has 7 heavy (non-hydrogen) atoms. The summed E-state index contributed by atoms with van der Waals surface area (Å²) in [5.41, 5.74) is 0. The van der Waals surface area contributed by atoms with Gasteiger partial charge in [0.25, 0.3) is 0 Å². The summed E-state index contributed by atoms with van der Waals surface area (Å²) in [6.07, 6.45) is 0. The van der Waals surface area contributed by atoms with Gasteiger partial charge in [-0.15, -0.1) is 0 Å². The van der Waals surface area contributed by atoms with Crippen LogP contribution in [0.2, 0.25) is 0 Å². The molecule has 1 atom stereocenters. The summed E-state index contributed by atoms with van der Waals surface area (Å²) in [5, 5.41) is 0. The molecule has 0 bridgehead atoms. The van der Waals surface area contributed by atoms with Crippen molar-refractivity contribution in [1.29, 1.82) is 0 Å². The van der Waals surface area contributed by atoms with Crippen LogP contribution in [0, 0.1) is 0 Å². The van der Waals surface area contributed by atoms with Crippen LogP contribution in [0.25, 0.3) is 0 Å². The van der Waals surface area contributed by atoms with Gasteiger partial charge in [-0.3, -0.25) is 0 Å². The largest absolute Gasteiger partial charge is 0.801 e. The van der Waals surface area contributed by atoms with Gasteiger partial charge in [-0.2, -0.15) is 0 Å². The summed E-state index contributed by atoms with van der Waals surface area (Å²) in [6.45, 7) is 1.05. The van der Waals surface area contributed by atoms with Crippen LogP contribution in [0.3, 0.4) is 0 Å². The van der Waals surface area contributed by atoms with Gasteiger partial charge in [0.1, 0.15) is 0 Å². The first-order valence-electron chi connectivity index (χ1n) is 1.99. The molecule has 0 aromatic carbocycles. The quantitative estimate of drug-likeness (QED) is 0.516. The van der Waals surface area contributed by atoms with Crippen molar-refractivity contribution in [2.45, 2.75) is 6.92 Å². The van der Waals surface area contributed by atoms with Gasteiger partial charge in [0.15, 0.2) is 0 Å². The highest BCUT2D eigenvalue weighted by atomic mass is 32.5. The first-order chi connectivity index (χ1) is 3.06. The Bertz CT molecular complexity index is 86.9. The number of hydrogen-bond acceptors (Lipinski definition) is 3. The monoisotopic (exact) mass is 139 g/mol. The van der Waals surface area contributed by atoms with E-state index in [1.54, 1.807) is 6.92 Å². The van der Waals surface area contributed by atoms with Gasteiger partial charge < -0.3 is 9.42 Å². The van der Waals surface area contributed by atoms with E-state index in [0.717, 1.165) is 0 Å². The first-order valence-corrected chi connectivity index (χ1v) is 5.08. The minimum atomic E-state index is -2.58. The molecular weight excluding hydrogens is 131 g/mol. The standard InChI is InChI=1S/C3H9O2PS/c1-3-5-6(2,4)7/h3H2,1-2H3,(H,4,7)/p-1. The molecule has 0 rings (SSSR count). The van der Waals surface area contributed by atoms with Crippen LogP contribution in [0.5, 0.6) is 0 Å². The minimum Gasteiger partial charge on any atom is -0.801 e. The van der Waals surface area contributed by atoms with E-state index in [0.29, 0.717) is 6.61 Å². The fourth-order valence-electron chi connectivity index (χ4n) is 0.235. The Morgan fingerprint density at radius 3 is 2.29 bits per heavy atom. The molecule has 0 saturated heterocycles. The second-order valence-corrected chi connectivity index (χ2v) is 4.98. The van der Waals surface area contributed by atoms with Gasteiger partial charge in [0.05, 0.1) is 0 Å². The summed E-state index contributed by atoms with van der Waals surface area (Å²) in [4.78, 5) is 10.4. The lowest BCUT2D eigenvalue weighted by atomic mass is 10.9. The van der Waals surface area contributed by atoms with Crippen LogP contribution >= 0.6 is 6.49 Å². The van der Waals surface area contributed by atoms with Gasteiger partial charge in [-0.05, 0) is 20.1 Å². The van der Waals surface area contributed by atoms with E-state index in [2.05, 4.69) is 16.3 Å². The van der Waals surface area contributed by atoms with Crippen LogP contribution in [-0.2, 0) is 16.3 Å². The van der Waals surface area contributed by atoms with E-state index >= 15 is 0 Å². The van der Waals surface area contributed by atoms with Crippen LogP contribution in [-0.4, -0.2) is 13.3 Å². The molecule has 0 fully saturated rings. The van der Waals surface area contributed by atoms with Gasteiger partial charge in [-0.1, -0.05) is 11.8 Å². The molecule has 0 aromatic heterocycles. The second-order valence-electron chi connectivity index (χ2n) is 1.19. The highest BCUT2D eigenvalue weighted by molar-refractivity contribution is 8.08. The maximum atomic E-state index is 10.4. The minimum absolute atomic E-state index is 0.442. The Kier molecular flexibility index (Phi) is 3.00. The molecule has 0 aliphatic heterocycles. The lowest BCUT2D eigenvalue weighted by Crippen LogP contribution is -2.00. The Morgan fingerprint density at radius 2 is 2.29 bits per heavy atom. The van der Waals surface area contributed by atoms with Crippen LogP contribution in [0.1, 0.15) is 6.92 Å². The normalized spacial score (nSPS) is 18.7. The maximum absolute atomic E-state index is 10.4. The first kappa shape index (κ1) is 7.57. The summed E-state index contributed by atoms with van der Waals surface area (Å²) >= 11 is 4.42. The van der Waals surface area contributed by atoms with Crippen LogP contribution < -0.4 is 4.89 Å². The molecule has 0 amide bonds. The molecule has 0 heterocycles. The second kappa shape index (κ2) is 2.78. The van der Waals surface area contributed by atoms with Gasteiger partial charge in [-0.25, -0.2) is 0 Å². The number of hydrogen-bond donors (Lipinski definition) is 0. The van der Waals surface area contributed by atoms with Gasteiger partial charge in [0.2, 0.25) is 0 Å². The van der Waals surface area contributed by atoms with Gasteiger partial charge in [0, 0.05) is 6.61 Å². The fourth-order valence-corrected chi connectivity index (χ4v) is 1.02. The van der Waals surface area contributed by atoms with Crippen molar-refractivity contribution >= 4 is 18.3 Å². The third-order valence-corrected chi connectivity index (χ3v) is 1.41. The summed E-state index contributed by atoms with van der Waals surface area (Å²) in [5.74, 6) is 0. The summed E-state index contributed by atoms with van der Waals surface area (Å²) in [7, 11) is 0. The lowest BCUT2D eigenvalue weighted by Gasteiger charge is -2.20. The van der Waals surface area contributed by atoms with Crippen molar-refractivity contribution in [3.05, 3.63) is 0 Å².